The molecule has 0 amide bonds. The summed E-state index contributed by atoms with van der Waals surface area (Å²) in [7, 11) is 0. The maximum absolute atomic E-state index is 9.29. The van der Waals surface area contributed by atoms with Crippen LogP contribution in [0.2, 0.25) is 0 Å². The Bertz CT molecular complexity index is 282. The van der Waals surface area contributed by atoms with Gasteiger partial charge in [-0.1, -0.05) is 6.58 Å². The molecule has 0 saturated carbocycles. The predicted octanol–water partition coefficient (Wildman–Crippen LogP) is -1.41. The Morgan fingerprint density at radius 1 is 0.958 bits per heavy atom. The Morgan fingerprint density at radius 3 is 1.12 bits per heavy atom. The molecule has 10 nitrogen and oxygen atoms in total. The van der Waals surface area contributed by atoms with Crippen LogP contribution in [0, 0.1) is 0 Å². The highest BCUT2D eigenvalue weighted by atomic mass is 32.1. The number of hydrogen-bond acceptors (Lipinski definition) is 9. The molecule has 7 N–H and O–H groups in total. The van der Waals surface area contributed by atoms with E-state index in [2.05, 4.69) is 31.8 Å². The fourth-order valence-corrected chi connectivity index (χ4v) is 0. The number of rotatable bonds is 5. The SMILES string of the molecule is C=CC(=O)O.CC(O)CO.O=C(O)CS.O=C(O)CS.OCCO. The van der Waals surface area contributed by atoms with E-state index in [1.54, 1.807) is 0 Å². The molecule has 0 aliphatic carbocycles. The Labute approximate surface area is 150 Å². The Hall–Kier alpha value is -1.31. The quantitative estimate of drug-likeness (QED) is 0.197. The van der Waals surface area contributed by atoms with Gasteiger partial charge in [0, 0.05) is 6.08 Å². The lowest BCUT2D eigenvalue weighted by Crippen LogP contribution is -2.03. The van der Waals surface area contributed by atoms with Crippen LogP contribution in [0.4, 0.5) is 0 Å². The Morgan fingerprint density at radius 2 is 1.12 bits per heavy atom. The number of aliphatic hydroxyl groups excluding tert-OH is 4. The van der Waals surface area contributed by atoms with Gasteiger partial charge >= 0.3 is 17.9 Å². The minimum atomic E-state index is -0.981. The van der Waals surface area contributed by atoms with Crippen molar-refractivity contribution in [2.75, 3.05) is 31.3 Å². The van der Waals surface area contributed by atoms with Crippen molar-refractivity contribution in [2.45, 2.75) is 13.0 Å². The van der Waals surface area contributed by atoms with Crippen molar-refractivity contribution in [3.8, 4) is 0 Å². The summed E-state index contributed by atoms with van der Waals surface area (Å²) >= 11 is 6.83. The third-order valence-electron chi connectivity index (χ3n) is 0.809. The second kappa shape index (κ2) is 33.3. The topological polar surface area (TPSA) is 193 Å². The summed E-state index contributed by atoms with van der Waals surface area (Å²) in [5, 5.41) is 54.2. The molecule has 0 bridgehead atoms. The van der Waals surface area contributed by atoms with E-state index in [1.165, 1.54) is 6.92 Å². The van der Waals surface area contributed by atoms with Gasteiger partial charge < -0.3 is 35.7 Å². The lowest BCUT2D eigenvalue weighted by atomic mass is 10.5. The van der Waals surface area contributed by atoms with Crippen molar-refractivity contribution in [1.82, 2.24) is 0 Å². The number of aliphatic hydroxyl groups is 4. The van der Waals surface area contributed by atoms with Gasteiger partial charge in [0.2, 0.25) is 0 Å². The number of hydrogen-bond donors (Lipinski definition) is 9. The van der Waals surface area contributed by atoms with E-state index in [4.69, 9.17) is 35.7 Å². The number of thiol groups is 2. The van der Waals surface area contributed by atoms with Gasteiger partial charge in [0.25, 0.3) is 0 Å². The Balaban J connectivity index is -0.0000000628. The van der Waals surface area contributed by atoms with E-state index in [0.29, 0.717) is 0 Å². The summed E-state index contributed by atoms with van der Waals surface area (Å²) in [4.78, 5) is 27.8. The molecule has 0 aromatic rings. The summed E-state index contributed by atoms with van der Waals surface area (Å²) in [6.45, 7) is 4.10. The first-order valence-corrected chi connectivity index (χ1v) is 7.28. The minimum absolute atomic E-state index is 0.0833. The van der Waals surface area contributed by atoms with Gasteiger partial charge in [0.15, 0.2) is 0 Å². The fourth-order valence-electron chi connectivity index (χ4n) is 0. The summed E-state index contributed by atoms with van der Waals surface area (Å²) in [6.07, 6.45) is 0.273. The molecule has 0 saturated heterocycles. The molecule has 0 aliphatic heterocycles. The zero-order valence-electron chi connectivity index (χ0n) is 13.1. The average molecular weight is 394 g/mol. The van der Waals surface area contributed by atoms with Crippen LogP contribution in [-0.4, -0.2) is 91.1 Å². The Kier molecular flexibility index (Phi) is 47.4. The lowest BCUT2D eigenvalue weighted by molar-refractivity contribution is -0.134. The fraction of sp³-hybridized carbons (Fsp3) is 0.583. The molecule has 0 spiro atoms. The standard InChI is InChI=1S/C3H8O2.C3H4O2.2C2H4O2S.C2H6O2/c1-3(5)2-4;1-2-3(4)5;2*3-2(4)1-5;3-1-2-4/h3-5H,2H2,1H3;2H,1H2,(H,4,5);2*5H,1H2,(H,3,4);3-4H,1-2H2. The number of aliphatic carboxylic acids is 3. The summed E-state index contributed by atoms with van der Waals surface area (Å²) in [6, 6.07) is 0. The molecule has 0 aromatic heterocycles. The van der Waals surface area contributed by atoms with E-state index in [0.717, 1.165) is 6.08 Å². The number of carbonyl (C=O) groups is 3. The molecule has 0 aromatic carbocycles. The van der Waals surface area contributed by atoms with E-state index in [9.17, 15) is 14.4 Å². The van der Waals surface area contributed by atoms with Crippen LogP contribution in [0.5, 0.6) is 0 Å². The number of carboxylic acids is 3. The third-order valence-corrected chi connectivity index (χ3v) is 1.35. The van der Waals surface area contributed by atoms with Crippen LogP contribution in [-0.2, 0) is 14.4 Å². The summed E-state index contributed by atoms with van der Waals surface area (Å²) in [5.74, 6) is -2.91. The molecular weight excluding hydrogens is 368 g/mol. The first-order chi connectivity index (χ1) is 11.0. The van der Waals surface area contributed by atoms with Gasteiger partial charge in [-0.05, 0) is 6.92 Å². The van der Waals surface area contributed by atoms with Crippen LogP contribution in [0.1, 0.15) is 6.92 Å². The zero-order valence-corrected chi connectivity index (χ0v) is 14.9. The van der Waals surface area contributed by atoms with Gasteiger partial charge in [0.05, 0.1) is 37.4 Å². The van der Waals surface area contributed by atoms with Crippen LogP contribution in [0.15, 0.2) is 12.7 Å². The first-order valence-electron chi connectivity index (χ1n) is 6.01. The van der Waals surface area contributed by atoms with Crippen molar-refractivity contribution in [1.29, 1.82) is 0 Å². The maximum Gasteiger partial charge on any atom is 0.327 e. The van der Waals surface area contributed by atoms with Crippen LogP contribution < -0.4 is 0 Å². The normalized spacial score (nSPS) is 8.79. The van der Waals surface area contributed by atoms with E-state index in [1.807, 2.05) is 0 Å². The van der Waals surface area contributed by atoms with Crippen molar-refractivity contribution < 1.29 is 50.1 Å². The van der Waals surface area contributed by atoms with E-state index in [-0.39, 0.29) is 31.3 Å². The molecule has 0 heterocycles. The maximum atomic E-state index is 9.29. The van der Waals surface area contributed by atoms with Crippen molar-refractivity contribution in [2.24, 2.45) is 0 Å². The molecule has 1 atom stereocenters. The molecule has 12 heteroatoms. The van der Waals surface area contributed by atoms with Crippen LogP contribution in [0.3, 0.4) is 0 Å². The van der Waals surface area contributed by atoms with Crippen molar-refractivity contribution >= 4 is 43.2 Å². The largest absolute Gasteiger partial charge is 0.481 e. The average Bonchev–Trinajstić information content (AvgIpc) is 2.56. The summed E-state index contributed by atoms with van der Waals surface area (Å²) < 4.78 is 0. The molecule has 0 fully saturated rings. The lowest BCUT2D eigenvalue weighted by Gasteiger charge is -1.90. The molecule has 0 aliphatic rings. The minimum Gasteiger partial charge on any atom is -0.481 e. The van der Waals surface area contributed by atoms with E-state index >= 15 is 0 Å². The van der Waals surface area contributed by atoms with Crippen molar-refractivity contribution in [3.05, 3.63) is 12.7 Å². The predicted molar refractivity (Wildman–Crippen MR) is 93.7 cm³/mol. The van der Waals surface area contributed by atoms with Gasteiger partial charge in [-0.2, -0.15) is 25.3 Å². The highest BCUT2D eigenvalue weighted by Crippen LogP contribution is 1.68. The van der Waals surface area contributed by atoms with Gasteiger partial charge in [-0.3, -0.25) is 9.59 Å². The molecule has 0 radical (unpaired) electrons. The number of carboxylic acid groups (broad SMARTS) is 3. The van der Waals surface area contributed by atoms with Gasteiger partial charge in [0.1, 0.15) is 0 Å². The molecule has 1 unspecified atom stereocenters. The van der Waals surface area contributed by atoms with Crippen molar-refractivity contribution in [3.63, 3.8) is 0 Å². The molecular formula is C12H26O10S2. The zero-order chi connectivity index (χ0) is 20.6. The van der Waals surface area contributed by atoms with Crippen LogP contribution in [0.25, 0.3) is 0 Å². The van der Waals surface area contributed by atoms with Gasteiger partial charge in [-0.25, -0.2) is 4.79 Å². The second-order valence-corrected chi connectivity index (χ2v) is 3.76. The first kappa shape index (κ1) is 34.1. The summed E-state index contributed by atoms with van der Waals surface area (Å²) in [5.41, 5.74) is 0. The molecule has 146 valence electrons. The van der Waals surface area contributed by atoms with E-state index < -0.39 is 24.0 Å². The van der Waals surface area contributed by atoms with Gasteiger partial charge in [-0.15, -0.1) is 0 Å². The molecule has 24 heavy (non-hydrogen) atoms. The smallest absolute Gasteiger partial charge is 0.327 e. The highest BCUT2D eigenvalue weighted by Gasteiger charge is 1.83. The highest BCUT2D eigenvalue weighted by molar-refractivity contribution is 7.81. The molecule has 0 rings (SSSR count). The second-order valence-electron chi connectivity index (χ2n) is 3.12. The monoisotopic (exact) mass is 394 g/mol. The van der Waals surface area contributed by atoms with Crippen LogP contribution >= 0.6 is 25.3 Å². The third kappa shape index (κ3) is 136.